The number of carbonyl (C=O) groups is 1. The van der Waals surface area contributed by atoms with Gasteiger partial charge < -0.3 is 14.6 Å². The van der Waals surface area contributed by atoms with Gasteiger partial charge in [-0.25, -0.2) is 9.59 Å². The van der Waals surface area contributed by atoms with Gasteiger partial charge in [0.05, 0.1) is 15.2 Å². The van der Waals surface area contributed by atoms with E-state index in [-0.39, 0.29) is 13.0 Å². The van der Waals surface area contributed by atoms with Crippen LogP contribution in [0.3, 0.4) is 0 Å². The van der Waals surface area contributed by atoms with Crippen molar-refractivity contribution in [3.05, 3.63) is 66.5 Å². The van der Waals surface area contributed by atoms with Gasteiger partial charge in [0.25, 0.3) is 5.56 Å². The molecule has 3 rings (SSSR count). The summed E-state index contributed by atoms with van der Waals surface area (Å²) in [6.07, 6.45) is -0.875. The predicted octanol–water partition coefficient (Wildman–Crippen LogP) is 0.647. The number of hydrogen-bond acceptors (Lipinski definition) is 6. The number of nitrogens with one attached hydrogen (secondary N) is 1. The minimum atomic E-state index is -0.898. The fourth-order valence-electron chi connectivity index (χ4n) is 2.53. The van der Waals surface area contributed by atoms with E-state index in [9.17, 15) is 19.5 Å². The van der Waals surface area contributed by atoms with E-state index < -0.39 is 35.7 Å². The lowest BCUT2D eigenvalue weighted by molar-refractivity contribution is -0.0532. The Labute approximate surface area is 155 Å². The average Bonchev–Trinajstić information content (AvgIpc) is 2.97. The molecule has 2 heterocycles. The number of aliphatic hydroxyl groups excluding tert-OH is 1. The van der Waals surface area contributed by atoms with Crippen LogP contribution in [-0.2, 0) is 9.47 Å². The first-order chi connectivity index (χ1) is 12.0. The third kappa shape index (κ3) is 3.99. The first-order valence-electron chi connectivity index (χ1n) is 7.52. The van der Waals surface area contributed by atoms with Gasteiger partial charge in [-0.15, -0.1) is 0 Å². The number of rotatable bonds is 4. The monoisotopic (exact) mass is 458 g/mol. The molecular weight excluding hydrogens is 443 g/mol. The van der Waals surface area contributed by atoms with E-state index >= 15 is 0 Å². The van der Waals surface area contributed by atoms with Crippen LogP contribution in [0.5, 0.6) is 0 Å². The van der Waals surface area contributed by atoms with Crippen molar-refractivity contribution in [1.29, 1.82) is 0 Å². The highest BCUT2D eigenvalue weighted by Crippen LogP contribution is 2.28. The Hall–Kier alpha value is -1.98. The molecule has 1 aliphatic heterocycles. The number of aromatic amines is 1. The Bertz CT molecular complexity index is 878. The second-order valence-electron chi connectivity index (χ2n) is 5.54. The SMILES string of the molecule is O=C(OCC1OC(n2cc(I)c(=O)[nH]c2=O)CC1O)c1ccccc1. The van der Waals surface area contributed by atoms with Gasteiger partial charge in [0.15, 0.2) is 0 Å². The van der Waals surface area contributed by atoms with Gasteiger partial charge in [-0.2, -0.15) is 0 Å². The molecular formula is C16H15IN2O6. The largest absolute Gasteiger partial charge is 0.459 e. The zero-order valence-electron chi connectivity index (χ0n) is 12.9. The lowest BCUT2D eigenvalue weighted by Crippen LogP contribution is -2.33. The second-order valence-corrected chi connectivity index (χ2v) is 6.70. The van der Waals surface area contributed by atoms with Crippen molar-refractivity contribution in [1.82, 2.24) is 9.55 Å². The van der Waals surface area contributed by atoms with Gasteiger partial charge in [0, 0.05) is 12.6 Å². The van der Waals surface area contributed by atoms with Gasteiger partial charge in [0.1, 0.15) is 18.9 Å². The van der Waals surface area contributed by atoms with E-state index in [1.807, 2.05) is 0 Å². The molecule has 1 aromatic heterocycles. The highest BCUT2D eigenvalue weighted by molar-refractivity contribution is 14.1. The zero-order chi connectivity index (χ0) is 18.0. The fourth-order valence-corrected chi connectivity index (χ4v) is 2.96. The van der Waals surface area contributed by atoms with Crippen LogP contribution in [0.15, 0.2) is 46.1 Å². The molecule has 0 bridgehead atoms. The number of H-pyrrole nitrogens is 1. The summed E-state index contributed by atoms with van der Waals surface area (Å²) in [6, 6.07) is 8.47. The molecule has 1 fully saturated rings. The Morgan fingerprint density at radius 1 is 1.36 bits per heavy atom. The number of nitrogens with zero attached hydrogens (tertiary/aromatic N) is 1. The molecule has 8 nitrogen and oxygen atoms in total. The van der Waals surface area contributed by atoms with E-state index in [4.69, 9.17) is 9.47 Å². The molecule has 1 saturated heterocycles. The number of aromatic nitrogens is 2. The quantitative estimate of drug-likeness (QED) is 0.515. The number of ether oxygens (including phenoxy) is 2. The van der Waals surface area contributed by atoms with Crippen molar-refractivity contribution < 1.29 is 19.4 Å². The van der Waals surface area contributed by atoms with Gasteiger partial charge in [-0.05, 0) is 34.7 Å². The second kappa shape index (κ2) is 7.50. The van der Waals surface area contributed by atoms with Crippen LogP contribution in [0, 0.1) is 3.57 Å². The van der Waals surface area contributed by atoms with E-state index in [1.165, 1.54) is 10.8 Å². The van der Waals surface area contributed by atoms with Crippen LogP contribution in [-0.4, -0.2) is 39.4 Å². The molecule has 0 spiro atoms. The molecule has 0 aliphatic carbocycles. The molecule has 9 heteroatoms. The van der Waals surface area contributed by atoms with Gasteiger partial charge in [-0.1, -0.05) is 18.2 Å². The summed E-state index contributed by atoms with van der Waals surface area (Å²) in [4.78, 5) is 37.4. The maximum absolute atomic E-state index is 11.9. The smallest absolute Gasteiger partial charge is 0.338 e. The summed E-state index contributed by atoms with van der Waals surface area (Å²) in [5.74, 6) is -0.518. The van der Waals surface area contributed by atoms with Crippen molar-refractivity contribution >= 4 is 28.6 Å². The molecule has 25 heavy (non-hydrogen) atoms. The molecule has 1 aromatic carbocycles. The predicted molar refractivity (Wildman–Crippen MR) is 95.3 cm³/mol. The van der Waals surface area contributed by atoms with Crippen molar-refractivity contribution in [3.8, 4) is 0 Å². The summed E-state index contributed by atoms with van der Waals surface area (Å²) in [7, 11) is 0. The maximum atomic E-state index is 11.9. The molecule has 0 saturated carbocycles. The van der Waals surface area contributed by atoms with E-state index in [1.54, 1.807) is 52.9 Å². The molecule has 3 unspecified atom stereocenters. The molecule has 132 valence electrons. The van der Waals surface area contributed by atoms with E-state index in [0.717, 1.165) is 0 Å². The van der Waals surface area contributed by atoms with Crippen molar-refractivity contribution in [2.24, 2.45) is 0 Å². The number of hydrogen-bond donors (Lipinski definition) is 2. The molecule has 0 radical (unpaired) electrons. The Kier molecular flexibility index (Phi) is 5.35. The lowest BCUT2D eigenvalue weighted by atomic mass is 10.2. The summed E-state index contributed by atoms with van der Waals surface area (Å²) in [5.41, 5.74) is -0.698. The average molecular weight is 458 g/mol. The minimum Gasteiger partial charge on any atom is -0.459 e. The van der Waals surface area contributed by atoms with Crippen LogP contribution in [0.25, 0.3) is 0 Å². The van der Waals surface area contributed by atoms with Crippen LogP contribution in [0.1, 0.15) is 23.0 Å². The van der Waals surface area contributed by atoms with E-state index in [2.05, 4.69) is 4.98 Å². The summed E-state index contributed by atoms with van der Waals surface area (Å²) in [5, 5.41) is 10.1. The maximum Gasteiger partial charge on any atom is 0.338 e. The Balaban J connectivity index is 1.66. The van der Waals surface area contributed by atoms with Gasteiger partial charge >= 0.3 is 11.7 Å². The van der Waals surface area contributed by atoms with Gasteiger partial charge in [0.2, 0.25) is 0 Å². The van der Waals surface area contributed by atoms with Gasteiger partial charge in [-0.3, -0.25) is 14.3 Å². The highest BCUT2D eigenvalue weighted by atomic mass is 127. The van der Waals surface area contributed by atoms with Crippen molar-refractivity contribution in [3.63, 3.8) is 0 Å². The first kappa shape index (κ1) is 17.8. The number of benzene rings is 1. The fraction of sp³-hybridized carbons (Fsp3) is 0.312. The summed E-state index contributed by atoms with van der Waals surface area (Å²) in [6.45, 7) is -0.138. The zero-order valence-corrected chi connectivity index (χ0v) is 15.1. The molecule has 2 N–H and O–H groups in total. The number of halogens is 1. The summed E-state index contributed by atoms with van der Waals surface area (Å²) >= 11 is 1.80. The summed E-state index contributed by atoms with van der Waals surface area (Å²) < 4.78 is 12.3. The normalized spacial score (nSPS) is 22.7. The van der Waals surface area contributed by atoms with Crippen molar-refractivity contribution in [2.45, 2.75) is 24.9 Å². The Morgan fingerprint density at radius 2 is 2.08 bits per heavy atom. The van der Waals surface area contributed by atoms with Crippen LogP contribution in [0.2, 0.25) is 0 Å². The standard InChI is InChI=1S/C16H15IN2O6/c17-10-7-19(16(23)18-14(10)21)13-6-11(20)12(25-13)8-24-15(22)9-4-2-1-3-5-9/h1-5,7,11-13,20H,6,8H2,(H,18,21,23). The van der Waals surface area contributed by atoms with E-state index in [0.29, 0.717) is 9.13 Å². The number of aliphatic hydroxyl groups is 1. The lowest BCUT2D eigenvalue weighted by Gasteiger charge is -2.16. The van der Waals surface area contributed by atoms with Crippen molar-refractivity contribution in [2.75, 3.05) is 6.61 Å². The number of esters is 1. The molecule has 2 aromatic rings. The van der Waals surface area contributed by atoms with Crippen LogP contribution < -0.4 is 11.2 Å². The van der Waals surface area contributed by atoms with Crippen LogP contribution >= 0.6 is 22.6 Å². The molecule has 0 amide bonds. The highest BCUT2D eigenvalue weighted by Gasteiger charge is 2.36. The molecule has 3 atom stereocenters. The van der Waals surface area contributed by atoms with Crippen LogP contribution in [0.4, 0.5) is 0 Å². The third-order valence-corrected chi connectivity index (χ3v) is 4.60. The third-order valence-electron chi connectivity index (χ3n) is 3.83. The topological polar surface area (TPSA) is 111 Å². The Morgan fingerprint density at radius 3 is 2.80 bits per heavy atom. The number of carbonyl (C=O) groups excluding carboxylic acids is 1. The first-order valence-corrected chi connectivity index (χ1v) is 8.60. The molecule has 1 aliphatic rings. The minimum absolute atomic E-state index is 0.138.